The smallest absolute Gasteiger partial charge is 0.254 e. The van der Waals surface area contributed by atoms with Crippen molar-refractivity contribution in [1.82, 2.24) is 15.3 Å². The normalized spacial score (nSPS) is 11.7. The van der Waals surface area contributed by atoms with Gasteiger partial charge in [-0.05, 0) is 30.2 Å². The number of nitrogens with one attached hydrogen (secondary N) is 2. The maximum Gasteiger partial charge on any atom is 0.254 e. The van der Waals surface area contributed by atoms with Crippen molar-refractivity contribution in [3.63, 3.8) is 0 Å². The van der Waals surface area contributed by atoms with Gasteiger partial charge < -0.3 is 15.8 Å². The molecule has 0 saturated heterocycles. The zero-order chi connectivity index (χ0) is 22.4. The van der Waals surface area contributed by atoms with Gasteiger partial charge in [0, 0.05) is 36.7 Å². The average Bonchev–Trinajstić information content (AvgIpc) is 2.77. The van der Waals surface area contributed by atoms with E-state index in [4.69, 9.17) is 15.9 Å². The summed E-state index contributed by atoms with van der Waals surface area (Å²) >= 11 is 0. The molecule has 3 aromatic rings. The zero-order valence-electron chi connectivity index (χ0n) is 16.7. The number of rotatable bonds is 8. The van der Waals surface area contributed by atoms with Gasteiger partial charge in [-0.1, -0.05) is 24.3 Å². The number of carbonyl (C=O) groups is 1. The largest absolute Gasteiger partial charge is 0.384 e. The summed E-state index contributed by atoms with van der Waals surface area (Å²) in [6.45, 7) is 1.83. The lowest BCUT2D eigenvalue weighted by Crippen LogP contribution is -2.31. The summed E-state index contributed by atoms with van der Waals surface area (Å²) in [5.74, 6) is -2.55. The van der Waals surface area contributed by atoms with Crippen LogP contribution in [0.3, 0.4) is 0 Å². The predicted octanol–water partition coefficient (Wildman–Crippen LogP) is 3.10. The van der Waals surface area contributed by atoms with Crippen LogP contribution in [0.25, 0.3) is 11.1 Å². The number of aromatic nitrogens is 2. The van der Waals surface area contributed by atoms with E-state index in [9.17, 15) is 13.6 Å². The molecule has 2 aromatic carbocycles. The van der Waals surface area contributed by atoms with Crippen LogP contribution in [0.1, 0.15) is 29.7 Å². The molecule has 0 saturated carbocycles. The summed E-state index contributed by atoms with van der Waals surface area (Å²) in [6, 6.07) is 8.94. The van der Waals surface area contributed by atoms with Crippen molar-refractivity contribution in [2.75, 3.05) is 6.61 Å². The minimum absolute atomic E-state index is 0.0662. The molecule has 0 aliphatic rings. The number of ether oxygens (including phenoxy) is 1. The van der Waals surface area contributed by atoms with Gasteiger partial charge >= 0.3 is 0 Å². The highest BCUT2D eigenvalue weighted by Gasteiger charge is 2.28. The Morgan fingerprint density at radius 1 is 1.13 bits per heavy atom. The third kappa shape index (κ3) is 5.26. The number of hydrogen-bond acceptors (Lipinski definition) is 5. The van der Waals surface area contributed by atoms with Crippen LogP contribution >= 0.6 is 0 Å². The van der Waals surface area contributed by atoms with E-state index in [1.165, 1.54) is 18.7 Å². The molecule has 0 fully saturated rings. The molecule has 0 spiro atoms. The van der Waals surface area contributed by atoms with Crippen LogP contribution in [0.4, 0.5) is 8.78 Å². The highest BCUT2D eigenvalue weighted by Crippen LogP contribution is 2.29. The molecular formula is C22H21F2N5O2. The Balaban J connectivity index is 1.80. The van der Waals surface area contributed by atoms with Gasteiger partial charge in [0.25, 0.3) is 5.91 Å². The molecule has 1 heterocycles. The first-order chi connectivity index (χ1) is 14.9. The Bertz CT molecular complexity index is 1050. The van der Waals surface area contributed by atoms with E-state index < -0.39 is 29.2 Å². The van der Waals surface area contributed by atoms with E-state index in [-0.39, 0.29) is 24.6 Å². The number of halogens is 2. The van der Waals surface area contributed by atoms with Gasteiger partial charge in [-0.15, -0.1) is 0 Å². The van der Waals surface area contributed by atoms with Crippen molar-refractivity contribution >= 4 is 11.7 Å². The highest BCUT2D eigenvalue weighted by atomic mass is 19.1. The fourth-order valence-corrected chi connectivity index (χ4v) is 2.99. The maximum atomic E-state index is 14.8. The summed E-state index contributed by atoms with van der Waals surface area (Å²) in [5.41, 5.74) is 6.93. The van der Waals surface area contributed by atoms with Gasteiger partial charge in [-0.2, -0.15) is 0 Å². The molecule has 7 nitrogen and oxygen atoms in total. The number of carbonyl (C=O) groups excluding carboxylic acids is 1. The van der Waals surface area contributed by atoms with E-state index in [1.54, 1.807) is 31.2 Å². The Hall–Kier alpha value is -3.72. The van der Waals surface area contributed by atoms with Gasteiger partial charge in [0.1, 0.15) is 23.8 Å². The first-order valence-corrected chi connectivity index (χ1v) is 9.47. The summed E-state index contributed by atoms with van der Waals surface area (Å²) < 4.78 is 35.1. The molecule has 0 aliphatic heterocycles. The number of amides is 1. The quantitative estimate of drug-likeness (QED) is 0.379. The monoisotopic (exact) mass is 425 g/mol. The topological polar surface area (TPSA) is 114 Å². The van der Waals surface area contributed by atoms with E-state index in [0.29, 0.717) is 11.1 Å². The fourth-order valence-electron chi connectivity index (χ4n) is 2.99. The SMILES string of the molecule is CCO[C@H](C(=O)NCc1ccc(C(=N)N)cc1)c1c(F)cc(-c2cncnc2)cc1F. The van der Waals surface area contributed by atoms with Crippen molar-refractivity contribution < 1.29 is 18.3 Å². The second-order valence-corrected chi connectivity index (χ2v) is 6.64. The minimum atomic E-state index is -1.46. The summed E-state index contributed by atoms with van der Waals surface area (Å²) in [5, 5.41) is 10.0. The second-order valence-electron chi connectivity index (χ2n) is 6.64. The van der Waals surface area contributed by atoms with Gasteiger partial charge in [-0.3, -0.25) is 10.2 Å². The number of nitrogens with zero attached hydrogens (tertiary/aromatic N) is 2. The molecular weight excluding hydrogens is 404 g/mol. The van der Waals surface area contributed by atoms with Gasteiger partial charge in [-0.25, -0.2) is 18.7 Å². The number of hydrogen-bond donors (Lipinski definition) is 3. The van der Waals surface area contributed by atoms with Crippen LogP contribution < -0.4 is 11.1 Å². The Labute approximate surface area is 177 Å². The lowest BCUT2D eigenvalue weighted by atomic mass is 10.0. The number of nitrogens with two attached hydrogens (primary N) is 1. The Kier molecular flexibility index (Phi) is 6.99. The molecule has 0 aliphatic carbocycles. The minimum Gasteiger partial charge on any atom is -0.384 e. The van der Waals surface area contributed by atoms with Crippen LogP contribution in [-0.4, -0.2) is 28.3 Å². The van der Waals surface area contributed by atoms with Crippen LogP contribution in [-0.2, 0) is 16.1 Å². The van der Waals surface area contributed by atoms with Gasteiger partial charge in [0.05, 0.1) is 5.56 Å². The molecule has 4 N–H and O–H groups in total. The molecule has 1 amide bonds. The Morgan fingerprint density at radius 2 is 1.74 bits per heavy atom. The van der Waals surface area contributed by atoms with Crippen LogP contribution in [0.2, 0.25) is 0 Å². The summed E-state index contributed by atoms with van der Waals surface area (Å²) in [6.07, 6.45) is 2.73. The van der Waals surface area contributed by atoms with Crippen molar-refractivity contribution in [3.8, 4) is 11.1 Å². The Morgan fingerprint density at radius 3 is 2.29 bits per heavy atom. The van der Waals surface area contributed by atoms with Crippen molar-refractivity contribution in [3.05, 3.63) is 83.4 Å². The molecule has 0 bridgehead atoms. The molecule has 0 radical (unpaired) electrons. The molecule has 1 atom stereocenters. The third-order valence-corrected chi connectivity index (χ3v) is 4.54. The van der Waals surface area contributed by atoms with Gasteiger partial charge in [0.2, 0.25) is 0 Å². The fraction of sp³-hybridized carbons (Fsp3) is 0.182. The van der Waals surface area contributed by atoms with E-state index in [0.717, 1.165) is 17.7 Å². The first-order valence-electron chi connectivity index (χ1n) is 9.47. The molecule has 3 rings (SSSR count). The lowest BCUT2D eigenvalue weighted by molar-refractivity contribution is -0.133. The van der Waals surface area contributed by atoms with Crippen LogP contribution in [0.15, 0.2) is 55.1 Å². The zero-order valence-corrected chi connectivity index (χ0v) is 16.7. The number of benzene rings is 2. The second kappa shape index (κ2) is 9.86. The van der Waals surface area contributed by atoms with Crippen LogP contribution in [0, 0.1) is 17.0 Å². The average molecular weight is 425 g/mol. The van der Waals surface area contributed by atoms with E-state index >= 15 is 0 Å². The van der Waals surface area contributed by atoms with Crippen molar-refractivity contribution in [2.45, 2.75) is 19.6 Å². The molecule has 160 valence electrons. The lowest BCUT2D eigenvalue weighted by Gasteiger charge is -2.19. The van der Waals surface area contributed by atoms with E-state index in [1.807, 2.05) is 0 Å². The number of amidine groups is 1. The molecule has 9 heteroatoms. The van der Waals surface area contributed by atoms with Crippen molar-refractivity contribution in [1.29, 1.82) is 5.41 Å². The molecule has 31 heavy (non-hydrogen) atoms. The van der Waals surface area contributed by atoms with Crippen LogP contribution in [0.5, 0.6) is 0 Å². The summed E-state index contributed by atoms with van der Waals surface area (Å²) in [4.78, 5) is 20.4. The maximum absolute atomic E-state index is 14.8. The highest BCUT2D eigenvalue weighted by molar-refractivity contribution is 5.94. The standard InChI is InChI=1S/C22H21F2N5O2/c1-2-31-20(22(30)29-9-13-3-5-14(6-4-13)21(25)26)19-17(23)7-15(8-18(19)24)16-10-27-12-28-11-16/h3-8,10-12,20H,2,9H2,1H3,(H3,25,26)(H,29,30)/t20-/m0/s1. The molecule has 0 unspecified atom stereocenters. The third-order valence-electron chi connectivity index (χ3n) is 4.54. The number of nitrogen functional groups attached to an aromatic ring is 1. The van der Waals surface area contributed by atoms with Crippen molar-refractivity contribution in [2.24, 2.45) is 5.73 Å². The van der Waals surface area contributed by atoms with E-state index in [2.05, 4.69) is 15.3 Å². The molecule has 1 aromatic heterocycles. The predicted molar refractivity (Wildman–Crippen MR) is 111 cm³/mol. The first kappa shape index (κ1) is 22.0. The van der Waals surface area contributed by atoms with Gasteiger partial charge in [0.15, 0.2) is 6.10 Å². The summed E-state index contributed by atoms with van der Waals surface area (Å²) in [7, 11) is 0.